The van der Waals surface area contributed by atoms with Crippen LogP contribution >= 0.6 is 23.5 Å². The van der Waals surface area contributed by atoms with Crippen LogP contribution in [-0.4, -0.2) is 113 Å². The third-order valence-corrected chi connectivity index (χ3v) is 8.15. The highest BCUT2D eigenvalue weighted by molar-refractivity contribution is 8.14. The second kappa shape index (κ2) is 9.56. The van der Waals surface area contributed by atoms with Crippen LogP contribution < -0.4 is 4.72 Å². The third-order valence-electron chi connectivity index (χ3n) is 4.91. The summed E-state index contributed by atoms with van der Waals surface area (Å²) in [4.78, 5) is 4.40. The predicted octanol–water partition coefficient (Wildman–Crippen LogP) is -2.61. The Morgan fingerprint density at radius 2 is 1.82 bits per heavy atom. The van der Waals surface area contributed by atoms with Crippen LogP contribution in [0, 0.1) is 0 Å². The van der Waals surface area contributed by atoms with E-state index in [-0.39, 0.29) is 12.0 Å². The van der Waals surface area contributed by atoms with Gasteiger partial charge in [0.2, 0.25) is 0 Å². The van der Waals surface area contributed by atoms with Gasteiger partial charge in [-0.2, -0.15) is 0 Å². The fraction of sp³-hybridized carbons (Fsp3) is 0.933. The van der Waals surface area contributed by atoms with Crippen LogP contribution in [-0.2, 0) is 20.5 Å². The fourth-order valence-corrected chi connectivity index (χ4v) is 6.91. The predicted molar refractivity (Wildman–Crippen MR) is 106 cm³/mol. The molecule has 0 spiro atoms. The van der Waals surface area contributed by atoms with Crippen LogP contribution in [0.15, 0.2) is 4.99 Å². The van der Waals surface area contributed by atoms with Gasteiger partial charge in [-0.1, -0.05) is 11.8 Å². The molecule has 2 fully saturated rings. The van der Waals surface area contributed by atoms with Gasteiger partial charge in [0.15, 0.2) is 0 Å². The zero-order valence-corrected chi connectivity index (χ0v) is 17.8. The lowest BCUT2D eigenvalue weighted by molar-refractivity contribution is -0.169. The molecule has 10 nitrogen and oxygen atoms in total. The first-order valence-electron chi connectivity index (χ1n) is 8.79. The molecule has 3 heterocycles. The van der Waals surface area contributed by atoms with E-state index >= 15 is 0 Å². The van der Waals surface area contributed by atoms with E-state index in [1.54, 1.807) is 0 Å². The topological polar surface area (TPSA) is 161 Å². The molecule has 13 heteroatoms. The van der Waals surface area contributed by atoms with E-state index in [2.05, 4.69) is 9.71 Å². The number of nitrogens with one attached hydrogen (secondary N) is 1. The van der Waals surface area contributed by atoms with Crippen molar-refractivity contribution in [1.82, 2.24) is 4.72 Å². The van der Waals surface area contributed by atoms with Crippen molar-refractivity contribution in [3.8, 4) is 0 Å². The molecule has 0 radical (unpaired) electrons. The maximum absolute atomic E-state index is 11.7. The molecule has 0 saturated carbocycles. The molecule has 0 bridgehead atoms. The highest BCUT2D eigenvalue weighted by Gasteiger charge is 2.52. The average Bonchev–Trinajstić information content (AvgIpc) is 3.03. The van der Waals surface area contributed by atoms with Crippen LogP contribution in [0.5, 0.6) is 0 Å². The van der Waals surface area contributed by atoms with Gasteiger partial charge < -0.3 is 35.0 Å². The van der Waals surface area contributed by atoms with E-state index in [0.717, 1.165) is 16.8 Å². The smallest absolute Gasteiger partial charge is 0.134 e. The SMILES string of the molecule is CC1=N[C@@H]2[C@@H](O)[C@H](S[C@@H]3O[C@H](CO)[C@@H](O)[C@H](O)[C@H]3NS(C)=O)[C@@H](CO)O[C@@H]2S1. The molecule has 0 amide bonds. The number of hydrogen-bond acceptors (Lipinski definition) is 11. The molecule has 6 N–H and O–H groups in total. The molecule has 2 saturated heterocycles. The van der Waals surface area contributed by atoms with E-state index in [9.17, 15) is 29.7 Å². The summed E-state index contributed by atoms with van der Waals surface area (Å²) in [5.74, 6) is 0. The molecule has 0 aliphatic carbocycles. The number of fused-ring (bicyclic) bond motifs is 1. The Hall–Kier alpha value is 0.200. The number of rotatable bonds is 6. The van der Waals surface area contributed by atoms with Crippen molar-refractivity contribution in [3.05, 3.63) is 0 Å². The molecular formula is C15H26N2O8S3. The Morgan fingerprint density at radius 3 is 2.43 bits per heavy atom. The van der Waals surface area contributed by atoms with E-state index in [1.165, 1.54) is 18.0 Å². The number of aliphatic hydroxyl groups is 5. The number of thioether (sulfide) groups is 2. The van der Waals surface area contributed by atoms with Gasteiger partial charge in [-0.15, -0.1) is 11.8 Å². The summed E-state index contributed by atoms with van der Waals surface area (Å²) in [6, 6.07) is -1.43. The number of ether oxygens (including phenoxy) is 2. The fourth-order valence-electron chi connectivity index (χ4n) is 3.53. The van der Waals surface area contributed by atoms with Crippen LogP contribution in [0.1, 0.15) is 6.92 Å². The quantitative estimate of drug-likeness (QED) is 0.249. The summed E-state index contributed by atoms with van der Waals surface area (Å²) < 4.78 is 26.0. The number of aliphatic imine (C=N–C) groups is 1. The Bertz CT molecular complexity index is 614. The van der Waals surface area contributed by atoms with E-state index in [0.29, 0.717) is 0 Å². The first kappa shape index (κ1) is 22.9. The molecule has 0 aromatic rings. The van der Waals surface area contributed by atoms with E-state index < -0.39 is 70.9 Å². The summed E-state index contributed by atoms with van der Waals surface area (Å²) in [6.45, 7) is 0.964. The molecule has 11 atom stereocenters. The minimum atomic E-state index is -1.51. The molecule has 1 unspecified atom stereocenters. The maximum atomic E-state index is 11.7. The molecule has 3 rings (SSSR count). The van der Waals surface area contributed by atoms with Crippen molar-refractivity contribution >= 4 is 39.6 Å². The van der Waals surface area contributed by atoms with E-state index in [1.807, 2.05) is 6.92 Å². The van der Waals surface area contributed by atoms with Gasteiger partial charge >= 0.3 is 0 Å². The summed E-state index contributed by atoms with van der Waals surface area (Å²) in [7, 11) is -1.51. The summed E-state index contributed by atoms with van der Waals surface area (Å²) in [6.07, 6.45) is -4.03. The normalized spacial score (nSPS) is 47.5. The Kier molecular flexibility index (Phi) is 7.81. The molecule has 162 valence electrons. The number of nitrogens with zero attached hydrogens (tertiary/aromatic N) is 1. The summed E-state index contributed by atoms with van der Waals surface area (Å²) in [5.41, 5.74) is -1.25. The Balaban J connectivity index is 1.81. The monoisotopic (exact) mass is 458 g/mol. The minimum Gasteiger partial charge on any atom is -0.394 e. The van der Waals surface area contributed by atoms with Crippen molar-refractivity contribution in [2.45, 2.75) is 65.6 Å². The number of aliphatic hydroxyl groups excluding tert-OH is 5. The molecule has 0 aromatic carbocycles. The van der Waals surface area contributed by atoms with E-state index in [4.69, 9.17) is 9.47 Å². The van der Waals surface area contributed by atoms with Gasteiger partial charge in [-0.25, -0.2) is 8.93 Å². The van der Waals surface area contributed by atoms with Gasteiger partial charge in [-0.3, -0.25) is 4.99 Å². The summed E-state index contributed by atoms with van der Waals surface area (Å²) >= 11 is 2.48. The van der Waals surface area contributed by atoms with Crippen molar-refractivity contribution in [3.63, 3.8) is 0 Å². The minimum absolute atomic E-state index is 0.337. The van der Waals surface area contributed by atoms with Crippen LogP contribution in [0.2, 0.25) is 0 Å². The lowest BCUT2D eigenvalue weighted by Crippen LogP contribution is -2.64. The second-order valence-corrected chi connectivity index (χ2v) is 10.6. The number of hydrogen-bond donors (Lipinski definition) is 6. The zero-order chi connectivity index (χ0) is 20.6. The Labute approximate surface area is 173 Å². The first-order chi connectivity index (χ1) is 13.3. The van der Waals surface area contributed by atoms with Gasteiger partial charge in [-0.05, 0) is 6.92 Å². The van der Waals surface area contributed by atoms with Crippen LogP contribution in [0.3, 0.4) is 0 Å². The highest BCUT2D eigenvalue weighted by atomic mass is 32.2. The molecule has 3 aliphatic rings. The molecule has 28 heavy (non-hydrogen) atoms. The third kappa shape index (κ3) is 4.59. The maximum Gasteiger partial charge on any atom is 0.134 e. The second-order valence-electron chi connectivity index (χ2n) is 6.88. The highest BCUT2D eigenvalue weighted by Crippen LogP contribution is 2.42. The first-order valence-corrected chi connectivity index (χ1v) is 12.2. The molecule has 3 aliphatic heterocycles. The summed E-state index contributed by atoms with van der Waals surface area (Å²) in [5, 5.41) is 50.8. The zero-order valence-electron chi connectivity index (χ0n) is 15.3. The van der Waals surface area contributed by atoms with Crippen molar-refractivity contribution < 1.29 is 39.2 Å². The van der Waals surface area contributed by atoms with Crippen molar-refractivity contribution in [2.75, 3.05) is 19.5 Å². The van der Waals surface area contributed by atoms with Crippen LogP contribution in [0.25, 0.3) is 0 Å². The molecule has 0 aromatic heterocycles. The van der Waals surface area contributed by atoms with Crippen molar-refractivity contribution in [2.24, 2.45) is 4.99 Å². The van der Waals surface area contributed by atoms with Gasteiger partial charge in [0.1, 0.15) is 35.2 Å². The molecular weight excluding hydrogens is 432 g/mol. The van der Waals surface area contributed by atoms with Gasteiger partial charge in [0.05, 0.1) is 52.7 Å². The lowest BCUT2D eigenvalue weighted by Gasteiger charge is -2.46. The van der Waals surface area contributed by atoms with Gasteiger partial charge in [0, 0.05) is 6.26 Å². The van der Waals surface area contributed by atoms with Crippen LogP contribution in [0.4, 0.5) is 0 Å². The standard InChI is InChI=1S/C15H26N2O8S3/c1-5-16-8-12(22)13(7(4-19)25-14(8)26-5)27-15-9(17-28(2)23)11(21)10(20)6(3-18)24-15/h6-15,17-22H,3-4H2,1-2H3/t6-,7-,8-,9-,10-,11-,12-,13-,14-,15+,28?/m1/s1. The van der Waals surface area contributed by atoms with Gasteiger partial charge in [0.25, 0.3) is 0 Å². The average molecular weight is 459 g/mol. The largest absolute Gasteiger partial charge is 0.394 e. The lowest BCUT2D eigenvalue weighted by atomic mass is 9.99. The van der Waals surface area contributed by atoms with Crippen molar-refractivity contribution in [1.29, 1.82) is 0 Å². The Morgan fingerprint density at radius 1 is 1.14 bits per heavy atom.